The van der Waals surface area contributed by atoms with Gasteiger partial charge >= 0.3 is 0 Å². The van der Waals surface area contributed by atoms with Crippen LogP contribution in [0.2, 0.25) is 0 Å². The summed E-state index contributed by atoms with van der Waals surface area (Å²) in [6, 6.07) is 22.3. The third-order valence-electron chi connectivity index (χ3n) is 5.37. The second-order valence-electron chi connectivity index (χ2n) is 7.24. The van der Waals surface area contributed by atoms with Crippen molar-refractivity contribution in [2.45, 2.75) is 24.9 Å². The van der Waals surface area contributed by atoms with Crippen molar-refractivity contribution in [1.82, 2.24) is 0 Å². The van der Waals surface area contributed by atoms with Crippen molar-refractivity contribution in [3.8, 4) is 0 Å². The molecule has 0 fully saturated rings. The Morgan fingerprint density at radius 1 is 0.750 bits per heavy atom. The van der Waals surface area contributed by atoms with E-state index in [-0.39, 0.29) is 15.8 Å². The Morgan fingerprint density at radius 3 is 2.04 bits per heavy atom. The molecule has 0 radical (unpaired) electrons. The first kappa shape index (κ1) is 19.6. The summed E-state index contributed by atoms with van der Waals surface area (Å²) in [6.45, 7) is 0. The summed E-state index contributed by atoms with van der Waals surface area (Å²) >= 11 is 0. The fraction of sp³-hybridized carbons (Fsp3) is 0.231. The monoisotopic (exact) mass is 402 g/mol. The molecule has 0 N–H and O–H groups in total. The molecular formula is C26H28P2. The molecule has 0 aromatic heterocycles. The van der Waals surface area contributed by atoms with Crippen molar-refractivity contribution in [1.29, 1.82) is 0 Å². The van der Waals surface area contributed by atoms with Gasteiger partial charge in [0.05, 0.1) is 0 Å². The molecule has 0 saturated heterocycles. The number of hydrogen-bond acceptors (Lipinski definition) is 0. The zero-order valence-corrected chi connectivity index (χ0v) is 18.1. The van der Waals surface area contributed by atoms with E-state index in [1.807, 2.05) is 0 Å². The molecule has 0 aliphatic heterocycles. The summed E-state index contributed by atoms with van der Waals surface area (Å²) in [4.78, 5) is 0. The molecule has 2 atom stereocenters. The second kappa shape index (κ2) is 10.2. The lowest BCUT2D eigenvalue weighted by molar-refractivity contribution is 1.02. The van der Waals surface area contributed by atoms with E-state index in [0.29, 0.717) is 5.66 Å². The van der Waals surface area contributed by atoms with Crippen molar-refractivity contribution in [2.75, 3.05) is 12.3 Å². The predicted molar refractivity (Wildman–Crippen MR) is 129 cm³/mol. The van der Waals surface area contributed by atoms with Crippen LogP contribution in [0.5, 0.6) is 0 Å². The van der Waals surface area contributed by atoms with Crippen molar-refractivity contribution in [3.63, 3.8) is 0 Å². The molecule has 0 bridgehead atoms. The topological polar surface area (TPSA) is 0 Å². The van der Waals surface area contributed by atoms with Crippen LogP contribution in [0.25, 0.3) is 0 Å². The molecule has 2 aromatic rings. The molecule has 0 nitrogen and oxygen atoms in total. The van der Waals surface area contributed by atoms with E-state index in [0.717, 1.165) is 0 Å². The number of allylic oxidation sites excluding steroid dienone is 8. The Balaban J connectivity index is 1.58. The van der Waals surface area contributed by atoms with Gasteiger partial charge in [0, 0.05) is 5.66 Å². The van der Waals surface area contributed by atoms with Gasteiger partial charge < -0.3 is 0 Å². The number of rotatable bonds is 7. The van der Waals surface area contributed by atoms with E-state index in [1.54, 1.807) is 5.31 Å². The fourth-order valence-electron chi connectivity index (χ4n) is 3.93. The van der Waals surface area contributed by atoms with Gasteiger partial charge in [-0.1, -0.05) is 111 Å². The second-order valence-corrected chi connectivity index (χ2v) is 12.1. The van der Waals surface area contributed by atoms with Gasteiger partial charge in [-0.15, -0.1) is 0 Å². The molecule has 28 heavy (non-hydrogen) atoms. The van der Waals surface area contributed by atoms with E-state index in [4.69, 9.17) is 0 Å². The fourth-order valence-corrected chi connectivity index (χ4v) is 9.79. The lowest BCUT2D eigenvalue weighted by Crippen LogP contribution is -2.17. The zero-order chi connectivity index (χ0) is 19.0. The summed E-state index contributed by atoms with van der Waals surface area (Å²) in [5, 5.41) is 4.64. The van der Waals surface area contributed by atoms with Gasteiger partial charge in [-0.2, -0.15) is 0 Å². The molecule has 0 saturated carbocycles. The third kappa shape index (κ3) is 5.00. The average molecular weight is 402 g/mol. The van der Waals surface area contributed by atoms with Crippen molar-refractivity contribution >= 4 is 26.5 Å². The van der Waals surface area contributed by atoms with Gasteiger partial charge in [0.15, 0.2) is 0 Å². The Bertz CT molecular complexity index is 822. The largest absolute Gasteiger partial charge is 0.0836 e. The molecule has 2 heteroatoms. The van der Waals surface area contributed by atoms with Gasteiger partial charge in [-0.3, -0.25) is 0 Å². The Morgan fingerprint density at radius 2 is 1.46 bits per heavy atom. The Labute approximate surface area is 172 Å². The first-order valence-electron chi connectivity index (χ1n) is 10.3. The molecule has 142 valence electrons. The Kier molecular flexibility index (Phi) is 7.10. The van der Waals surface area contributed by atoms with E-state index >= 15 is 0 Å². The van der Waals surface area contributed by atoms with Crippen molar-refractivity contribution in [3.05, 3.63) is 109 Å². The van der Waals surface area contributed by atoms with Gasteiger partial charge in [0.25, 0.3) is 0 Å². The van der Waals surface area contributed by atoms with Gasteiger partial charge in [0.2, 0.25) is 0 Å². The highest BCUT2D eigenvalue weighted by Gasteiger charge is 2.24. The molecule has 0 spiro atoms. The van der Waals surface area contributed by atoms with Gasteiger partial charge in [-0.05, 0) is 55.4 Å². The summed E-state index contributed by atoms with van der Waals surface area (Å²) in [5.74, 6) is 0. The van der Waals surface area contributed by atoms with E-state index in [1.165, 1.54) is 42.2 Å². The minimum atomic E-state index is -0.303. The van der Waals surface area contributed by atoms with Crippen LogP contribution in [0.15, 0.2) is 109 Å². The average Bonchev–Trinajstić information content (AvgIpc) is 2.79. The third-order valence-corrected chi connectivity index (χ3v) is 11.1. The summed E-state index contributed by atoms with van der Waals surface area (Å²) < 4.78 is 0. The maximum atomic E-state index is 2.52. The van der Waals surface area contributed by atoms with Crippen LogP contribution in [-0.2, 0) is 0 Å². The molecule has 4 rings (SSSR count). The number of benzene rings is 2. The standard InChI is InChI=1S/C26H28P2/c1-5-13-23(14-6-1)27(24-15-7-2-8-16-24)21-22-28(25-17-9-3-10-18-25)26-19-11-4-12-20-26/h1-3,5-11,13-17,19-20,25H,4,12,18,21-22H2. The minimum Gasteiger partial charge on any atom is -0.0836 e. The van der Waals surface area contributed by atoms with Crippen LogP contribution in [0, 0.1) is 0 Å². The van der Waals surface area contributed by atoms with Gasteiger partial charge in [0.1, 0.15) is 0 Å². The number of hydrogen-bond donors (Lipinski definition) is 0. The lowest BCUT2D eigenvalue weighted by Gasteiger charge is -2.30. The molecule has 2 aliphatic carbocycles. The highest BCUT2D eigenvalue weighted by molar-refractivity contribution is 7.74. The quantitative estimate of drug-likeness (QED) is 0.451. The first-order valence-corrected chi connectivity index (χ1v) is 13.4. The molecular weight excluding hydrogens is 374 g/mol. The highest BCUT2D eigenvalue weighted by atomic mass is 31.1. The van der Waals surface area contributed by atoms with Gasteiger partial charge in [-0.25, -0.2) is 0 Å². The highest BCUT2D eigenvalue weighted by Crippen LogP contribution is 2.55. The van der Waals surface area contributed by atoms with Crippen molar-refractivity contribution in [2.24, 2.45) is 0 Å². The summed E-state index contributed by atoms with van der Waals surface area (Å²) in [7, 11) is -0.460. The van der Waals surface area contributed by atoms with Crippen LogP contribution in [-0.4, -0.2) is 18.0 Å². The maximum Gasteiger partial charge on any atom is 0.00483 e. The van der Waals surface area contributed by atoms with E-state index < -0.39 is 0 Å². The Hall–Kier alpha value is -1.74. The summed E-state index contributed by atoms with van der Waals surface area (Å²) in [6.07, 6.45) is 22.8. The van der Waals surface area contributed by atoms with E-state index in [2.05, 4.69) is 103 Å². The van der Waals surface area contributed by atoms with Crippen LogP contribution in [0.1, 0.15) is 19.3 Å². The first-order chi connectivity index (χ1) is 13.9. The summed E-state index contributed by atoms with van der Waals surface area (Å²) in [5.41, 5.74) is 0.692. The van der Waals surface area contributed by atoms with Crippen molar-refractivity contribution < 1.29 is 0 Å². The smallest absolute Gasteiger partial charge is 0.00483 e. The van der Waals surface area contributed by atoms with Crippen LogP contribution in [0.3, 0.4) is 0 Å². The van der Waals surface area contributed by atoms with Crippen LogP contribution in [0.4, 0.5) is 0 Å². The van der Waals surface area contributed by atoms with E-state index in [9.17, 15) is 0 Å². The lowest BCUT2D eigenvalue weighted by atomic mass is 10.2. The minimum absolute atomic E-state index is 0.158. The van der Waals surface area contributed by atoms with Crippen LogP contribution >= 0.6 is 15.8 Å². The van der Waals surface area contributed by atoms with Crippen LogP contribution < -0.4 is 10.6 Å². The normalized spacial score (nSPS) is 19.6. The molecule has 2 aromatic carbocycles. The molecule has 0 heterocycles. The molecule has 2 aliphatic rings. The SMILES string of the molecule is C1=CCC(P(CCP(c2ccccc2)c2ccccc2)C2=CCCC=C2)C=C1. The predicted octanol–water partition coefficient (Wildman–Crippen LogP) is 6.72. The molecule has 0 amide bonds. The maximum absolute atomic E-state index is 2.52. The zero-order valence-electron chi connectivity index (χ0n) is 16.3. The molecule has 2 unspecified atom stereocenters.